The van der Waals surface area contributed by atoms with Crippen molar-refractivity contribution < 1.29 is 29.3 Å². The molecule has 7 heteroatoms. The maximum absolute atomic E-state index is 11.7. The number of benzene rings is 3. The fourth-order valence-corrected chi connectivity index (χ4v) is 7.29. The molecule has 3 aromatic rings. The van der Waals surface area contributed by atoms with E-state index in [9.17, 15) is 19.8 Å². The van der Waals surface area contributed by atoms with Crippen LogP contribution in [0.5, 0.6) is 17.2 Å². The third-order valence-electron chi connectivity index (χ3n) is 9.13. The van der Waals surface area contributed by atoms with Crippen LogP contribution in [0.15, 0.2) is 66.7 Å². The molecule has 0 aliphatic heterocycles. The van der Waals surface area contributed by atoms with Gasteiger partial charge in [0.2, 0.25) is 0 Å². The highest BCUT2D eigenvalue weighted by Crippen LogP contribution is 2.61. The number of nitrogens with two attached hydrogens (primary N) is 1. The van der Waals surface area contributed by atoms with Gasteiger partial charge in [-0.3, -0.25) is 4.79 Å². The van der Waals surface area contributed by atoms with E-state index in [1.165, 1.54) is 55.5 Å². The summed E-state index contributed by atoms with van der Waals surface area (Å²) >= 11 is 0. The molecule has 5 atom stereocenters. The summed E-state index contributed by atoms with van der Waals surface area (Å²) in [5.74, 6) is 1.85. The van der Waals surface area contributed by atoms with Gasteiger partial charge in [-0.2, -0.15) is 0 Å². The maximum Gasteiger partial charge on any atom is 0.347 e. The lowest BCUT2D eigenvalue weighted by Gasteiger charge is -2.50. The van der Waals surface area contributed by atoms with Gasteiger partial charge in [0.15, 0.2) is 0 Å². The van der Waals surface area contributed by atoms with E-state index in [0.29, 0.717) is 34.9 Å². The summed E-state index contributed by atoms with van der Waals surface area (Å²) in [6, 6.07) is 18.8. The molecule has 3 aromatic carbocycles. The van der Waals surface area contributed by atoms with Gasteiger partial charge in [0.25, 0.3) is 0 Å². The van der Waals surface area contributed by atoms with Crippen molar-refractivity contribution in [3.05, 3.63) is 83.4 Å². The van der Waals surface area contributed by atoms with Crippen molar-refractivity contribution >= 4 is 17.6 Å². The zero-order valence-corrected chi connectivity index (χ0v) is 23.0. The Morgan fingerprint density at radius 3 is 2.45 bits per heavy atom. The van der Waals surface area contributed by atoms with Crippen molar-refractivity contribution in [2.75, 3.05) is 5.73 Å². The Bertz CT molecular complexity index is 1390. The number of anilines is 1. The summed E-state index contributed by atoms with van der Waals surface area (Å²) in [4.78, 5) is 23.2. The van der Waals surface area contributed by atoms with Crippen molar-refractivity contribution in [3.8, 4) is 17.2 Å². The third kappa shape index (κ3) is 5.51. The van der Waals surface area contributed by atoms with Crippen LogP contribution in [0.2, 0.25) is 0 Å². The quantitative estimate of drug-likeness (QED) is 0.199. The molecule has 0 bridgehead atoms. The van der Waals surface area contributed by atoms with E-state index in [0.717, 1.165) is 19.3 Å². The second kappa shape index (κ2) is 11.2. The molecule has 4 N–H and O–H groups in total. The SMILES string of the molecule is CC(=O)OC1CCC2C3CCc4cc(O)ccc4C3CCC12C.Nc1ccc(C(=O)Oc2ccccc2)c(O)c1. The van der Waals surface area contributed by atoms with Crippen molar-refractivity contribution in [2.45, 2.75) is 64.4 Å². The van der Waals surface area contributed by atoms with Crippen LogP contribution in [0.1, 0.15) is 73.4 Å². The Morgan fingerprint density at radius 2 is 1.73 bits per heavy atom. The van der Waals surface area contributed by atoms with Crippen LogP contribution in [0.3, 0.4) is 0 Å². The van der Waals surface area contributed by atoms with Crippen LogP contribution in [0.4, 0.5) is 5.69 Å². The normalized spacial score (nSPS) is 26.2. The highest BCUT2D eigenvalue weighted by atomic mass is 16.5. The standard InChI is InChI=1S/C20H26O3.C13H11NO3/c1-12(21)23-19-8-7-18-17-5-3-13-11-14(22)4-6-15(13)16(17)9-10-20(18,19)2;14-9-6-7-11(12(15)8-9)13(16)17-10-4-2-1-3-5-10/h4,6,11,16-19,22H,3,5,7-10H2,1-2H3;1-8,15H,14H2. The number of hydrogen-bond donors (Lipinski definition) is 3. The summed E-state index contributed by atoms with van der Waals surface area (Å²) in [7, 11) is 0. The number of hydrogen-bond acceptors (Lipinski definition) is 7. The highest BCUT2D eigenvalue weighted by Gasteiger charge is 2.56. The van der Waals surface area contributed by atoms with Crippen LogP contribution in [-0.4, -0.2) is 28.3 Å². The minimum absolute atomic E-state index is 0.0862. The number of nitrogen functional groups attached to an aromatic ring is 1. The van der Waals surface area contributed by atoms with E-state index in [4.69, 9.17) is 15.2 Å². The second-order valence-electron chi connectivity index (χ2n) is 11.5. The smallest absolute Gasteiger partial charge is 0.347 e. The van der Waals surface area contributed by atoms with E-state index in [1.54, 1.807) is 24.3 Å². The number of phenolic OH excluding ortho intramolecular Hbond substituents is 2. The van der Waals surface area contributed by atoms with Crippen molar-refractivity contribution in [3.63, 3.8) is 0 Å². The predicted molar refractivity (Wildman–Crippen MR) is 152 cm³/mol. The van der Waals surface area contributed by atoms with Gasteiger partial charge < -0.3 is 25.4 Å². The van der Waals surface area contributed by atoms with Gasteiger partial charge in [-0.05, 0) is 104 Å². The monoisotopic (exact) mass is 543 g/mol. The van der Waals surface area contributed by atoms with E-state index >= 15 is 0 Å². The predicted octanol–water partition coefficient (Wildman–Crippen LogP) is 6.37. The number of esters is 2. The van der Waals surface area contributed by atoms with Crippen molar-refractivity contribution in [2.24, 2.45) is 17.3 Å². The Kier molecular flexibility index (Phi) is 7.74. The van der Waals surface area contributed by atoms with E-state index in [-0.39, 0.29) is 28.8 Å². The number of carbonyl (C=O) groups is 2. The summed E-state index contributed by atoms with van der Waals surface area (Å²) in [6.45, 7) is 3.88. The number of fused-ring (bicyclic) bond motifs is 5. The van der Waals surface area contributed by atoms with Crippen LogP contribution in [-0.2, 0) is 16.0 Å². The number of phenols is 2. The van der Waals surface area contributed by atoms with Gasteiger partial charge in [0.05, 0.1) is 0 Å². The average molecular weight is 544 g/mol. The minimum atomic E-state index is -0.617. The van der Waals surface area contributed by atoms with Gasteiger partial charge in [-0.15, -0.1) is 0 Å². The number of ether oxygens (including phenoxy) is 2. The first kappa shape index (κ1) is 27.6. The molecular formula is C33H37NO6. The number of para-hydroxylation sites is 1. The summed E-state index contributed by atoms with van der Waals surface area (Å²) in [5.41, 5.74) is 8.89. The van der Waals surface area contributed by atoms with Crippen molar-refractivity contribution in [1.82, 2.24) is 0 Å². The van der Waals surface area contributed by atoms with Crippen LogP contribution in [0, 0.1) is 17.3 Å². The fraction of sp³-hybridized carbons (Fsp3) is 0.394. The fourth-order valence-electron chi connectivity index (χ4n) is 7.29. The average Bonchev–Trinajstić information content (AvgIpc) is 3.24. The zero-order valence-electron chi connectivity index (χ0n) is 23.0. The van der Waals surface area contributed by atoms with Gasteiger partial charge in [0.1, 0.15) is 28.9 Å². The number of aryl methyl sites for hydroxylation is 1. The second-order valence-corrected chi connectivity index (χ2v) is 11.5. The molecule has 0 aromatic heterocycles. The first-order chi connectivity index (χ1) is 19.2. The Hall–Kier alpha value is -4.00. The van der Waals surface area contributed by atoms with Gasteiger partial charge in [-0.1, -0.05) is 31.2 Å². The van der Waals surface area contributed by atoms with Crippen LogP contribution >= 0.6 is 0 Å². The number of carbonyl (C=O) groups excluding carboxylic acids is 2. The van der Waals surface area contributed by atoms with Gasteiger partial charge >= 0.3 is 11.9 Å². The molecule has 0 spiro atoms. The topological polar surface area (TPSA) is 119 Å². The summed E-state index contributed by atoms with van der Waals surface area (Å²) < 4.78 is 10.8. The molecule has 0 heterocycles. The molecule has 2 fully saturated rings. The molecule has 6 rings (SSSR count). The largest absolute Gasteiger partial charge is 0.508 e. The van der Waals surface area contributed by atoms with E-state index in [2.05, 4.69) is 13.0 Å². The Labute approximate surface area is 234 Å². The summed E-state index contributed by atoms with van der Waals surface area (Å²) in [5, 5.41) is 19.3. The number of rotatable bonds is 3. The van der Waals surface area contributed by atoms with Crippen LogP contribution in [0.25, 0.3) is 0 Å². The lowest BCUT2D eigenvalue weighted by Crippen LogP contribution is -2.45. The van der Waals surface area contributed by atoms with Crippen LogP contribution < -0.4 is 10.5 Å². The summed E-state index contributed by atoms with van der Waals surface area (Å²) in [6.07, 6.45) is 6.89. The molecule has 0 radical (unpaired) electrons. The Balaban J connectivity index is 0.000000170. The van der Waals surface area contributed by atoms with Gasteiger partial charge in [-0.25, -0.2) is 4.79 Å². The zero-order chi connectivity index (χ0) is 28.4. The molecule has 0 amide bonds. The van der Waals surface area contributed by atoms with E-state index < -0.39 is 5.97 Å². The molecule has 5 unspecified atom stereocenters. The molecule has 40 heavy (non-hydrogen) atoms. The van der Waals surface area contributed by atoms with E-state index in [1.807, 2.05) is 18.2 Å². The highest BCUT2D eigenvalue weighted by molar-refractivity contribution is 5.94. The minimum Gasteiger partial charge on any atom is -0.508 e. The molecule has 3 aliphatic carbocycles. The number of aromatic hydroxyl groups is 2. The molecular weight excluding hydrogens is 506 g/mol. The van der Waals surface area contributed by atoms with Gasteiger partial charge in [0, 0.05) is 24.1 Å². The molecule has 7 nitrogen and oxygen atoms in total. The lowest BCUT2D eigenvalue weighted by molar-refractivity contribution is -0.154. The molecule has 210 valence electrons. The maximum atomic E-state index is 11.7. The third-order valence-corrected chi connectivity index (χ3v) is 9.13. The molecule has 3 aliphatic rings. The lowest BCUT2D eigenvalue weighted by atomic mass is 9.55. The first-order valence-corrected chi connectivity index (χ1v) is 14.0. The molecule has 2 saturated carbocycles. The van der Waals surface area contributed by atoms with Crippen molar-refractivity contribution in [1.29, 1.82) is 0 Å². The first-order valence-electron chi connectivity index (χ1n) is 14.0. The molecule has 0 saturated heterocycles. The Morgan fingerprint density at radius 1 is 0.950 bits per heavy atom.